The second kappa shape index (κ2) is 10.1. The van der Waals surface area contributed by atoms with Crippen molar-refractivity contribution in [2.24, 2.45) is 0 Å². The summed E-state index contributed by atoms with van der Waals surface area (Å²) in [4.78, 5) is 12.0. The van der Waals surface area contributed by atoms with Gasteiger partial charge in [-0.05, 0) is 27.2 Å². The minimum atomic E-state index is -3.19. The average Bonchev–Trinajstić information content (AvgIpc) is 2.38. The Balaban J connectivity index is 4.80. The normalized spacial score (nSPS) is 11.4. The van der Waals surface area contributed by atoms with Gasteiger partial charge in [-0.2, -0.15) is 0 Å². The van der Waals surface area contributed by atoms with Crippen LogP contribution in [0.25, 0.3) is 0 Å². The molecule has 112 valence electrons. The molecule has 5 nitrogen and oxygen atoms in total. The molecule has 0 saturated heterocycles. The number of carbonyl (C=O) groups is 1. The van der Waals surface area contributed by atoms with E-state index in [1.54, 1.807) is 0 Å². The molecular formula is C13H26O5Si. The first-order valence-electron chi connectivity index (χ1n) is 6.86. The highest BCUT2D eigenvalue weighted by Gasteiger charge is 2.48. The first-order chi connectivity index (χ1) is 9.07. The van der Waals surface area contributed by atoms with Crippen LogP contribution in [-0.2, 0) is 22.8 Å². The molecule has 0 aliphatic rings. The Kier molecular flexibility index (Phi) is 9.77. The van der Waals surface area contributed by atoms with Gasteiger partial charge in [0.05, 0.1) is 6.61 Å². The van der Waals surface area contributed by atoms with Crippen molar-refractivity contribution in [3.63, 3.8) is 0 Å². The lowest BCUT2D eigenvalue weighted by Gasteiger charge is -2.28. The Morgan fingerprint density at radius 3 is 1.84 bits per heavy atom. The number of hydrogen-bond acceptors (Lipinski definition) is 5. The summed E-state index contributed by atoms with van der Waals surface area (Å²) in [5.74, 6) is -0.490. The van der Waals surface area contributed by atoms with Gasteiger partial charge < -0.3 is 18.0 Å². The minimum Gasteiger partial charge on any atom is -0.462 e. The third-order valence-electron chi connectivity index (χ3n) is 2.35. The van der Waals surface area contributed by atoms with Crippen LogP contribution in [-0.4, -0.2) is 41.2 Å². The van der Waals surface area contributed by atoms with Crippen LogP contribution in [0.15, 0.2) is 11.8 Å². The maximum absolute atomic E-state index is 12.0. The Bertz CT molecular complexity index is 263. The topological polar surface area (TPSA) is 54.0 Å². The van der Waals surface area contributed by atoms with E-state index < -0.39 is 14.8 Å². The van der Waals surface area contributed by atoms with Gasteiger partial charge in [0.15, 0.2) is 0 Å². The van der Waals surface area contributed by atoms with E-state index in [-0.39, 0.29) is 5.20 Å². The van der Waals surface area contributed by atoms with Crippen LogP contribution in [0.2, 0.25) is 0 Å². The van der Waals surface area contributed by atoms with E-state index in [1.807, 2.05) is 27.7 Å². The van der Waals surface area contributed by atoms with Crippen molar-refractivity contribution in [3.8, 4) is 0 Å². The van der Waals surface area contributed by atoms with Gasteiger partial charge in [0.25, 0.3) is 0 Å². The molecule has 0 fully saturated rings. The van der Waals surface area contributed by atoms with Crippen molar-refractivity contribution in [1.29, 1.82) is 0 Å². The predicted molar refractivity (Wildman–Crippen MR) is 75.6 cm³/mol. The smallest absolute Gasteiger partial charge is 0.462 e. The molecule has 0 aliphatic carbocycles. The maximum Gasteiger partial charge on any atom is 0.544 e. The molecule has 6 heteroatoms. The van der Waals surface area contributed by atoms with Gasteiger partial charge in [0.2, 0.25) is 0 Å². The third-order valence-corrected chi connectivity index (χ3v) is 5.30. The van der Waals surface area contributed by atoms with Crippen molar-refractivity contribution >= 4 is 14.8 Å². The molecule has 0 radical (unpaired) electrons. The fraction of sp³-hybridized carbons (Fsp3) is 0.769. The molecule has 0 atom stereocenters. The van der Waals surface area contributed by atoms with Gasteiger partial charge in [-0.25, -0.2) is 4.79 Å². The number of ether oxygens (including phenoxy) is 1. The molecule has 19 heavy (non-hydrogen) atoms. The number of rotatable bonds is 11. The second-order valence-corrected chi connectivity index (χ2v) is 6.41. The number of esters is 1. The first kappa shape index (κ1) is 18.3. The van der Waals surface area contributed by atoms with E-state index in [0.717, 1.165) is 12.8 Å². The predicted octanol–water partition coefficient (Wildman–Crippen LogP) is 2.47. The van der Waals surface area contributed by atoms with Gasteiger partial charge in [-0.15, -0.1) is 0 Å². The number of unbranched alkanes of at least 4 members (excludes halogenated alkanes) is 1. The lowest BCUT2D eigenvalue weighted by molar-refractivity contribution is -0.139. The summed E-state index contributed by atoms with van der Waals surface area (Å²) in [5, 5.41) is 0.175. The van der Waals surface area contributed by atoms with Crippen LogP contribution in [0.4, 0.5) is 0 Å². The summed E-state index contributed by atoms with van der Waals surface area (Å²) in [6, 6.07) is 0. The molecule has 0 N–H and O–H groups in total. The van der Waals surface area contributed by atoms with Crippen molar-refractivity contribution in [1.82, 2.24) is 0 Å². The van der Waals surface area contributed by atoms with Gasteiger partial charge in [-0.3, -0.25) is 0 Å². The first-order valence-corrected chi connectivity index (χ1v) is 8.58. The Hall–Kier alpha value is -0.693. The molecule has 0 aromatic heterocycles. The molecular weight excluding hydrogens is 264 g/mol. The van der Waals surface area contributed by atoms with Gasteiger partial charge in [0.1, 0.15) is 5.20 Å². The van der Waals surface area contributed by atoms with E-state index in [9.17, 15) is 4.79 Å². The average molecular weight is 290 g/mol. The third kappa shape index (κ3) is 5.86. The maximum atomic E-state index is 12.0. The van der Waals surface area contributed by atoms with Crippen LogP contribution < -0.4 is 0 Å². The zero-order valence-corrected chi connectivity index (χ0v) is 13.5. The van der Waals surface area contributed by atoms with E-state index in [2.05, 4.69) is 6.58 Å². The Morgan fingerprint density at radius 2 is 1.47 bits per heavy atom. The fourth-order valence-electron chi connectivity index (χ4n) is 1.48. The van der Waals surface area contributed by atoms with E-state index >= 15 is 0 Å². The van der Waals surface area contributed by atoms with E-state index in [1.165, 1.54) is 0 Å². The summed E-state index contributed by atoms with van der Waals surface area (Å²) in [6.45, 7) is 12.9. The van der Waals surface area contributed by atoms with Crippen molar-refractivity contribution in [3.05, 3.63) is 11.8 Å². The molecule has 0 amide bonds. The SMILES string of the molecule is C=C(C(=O)OCCCC)[Si](OCC)(OCC)OCC. The van der Waals surface area contributed by atoms with E-state index in [0.29, 0.717) is 26.4 Å². The monoisotopic (exact) mass is 290 g/mol. The molecule has 0 unspecified atom stereocenters. The number of carbonyl (C=O) groups excluding carboxylic acids is 1. The zero-order valence-electron chi connectivity index (χ0n) is 12.5. The van der Waals surface area contributed by atoms with Crippen LogP contribution in [0.5, 0.6) is 0 Å². The van der Waals surface area contributed by atoms with Crippen LogP contribution in [0.3, 0.4) is 0 Å². The van der Waals surface area contributed by atoms with Crippen LogP contribution >= 0.6 is 0 Å². The lowest BCUT2D eigenvalue weighted by atomic mass is 10.4. The summed E-state index contributed by atoms with van der Waals surface area (Å²) < 4.78 is 21.9. The molecule has 0 saturated carbocycles. The summed E-state index contributed by atoms with van der Waals surface area (Å²) in [7, 11) is -3.19. The van der Waals surface area contributed by atoms with Gasteiger partial charge >= 0.3 is 14.8 Å². The summed E-state index contributed by atoms with van der Waals surface area (Å²) >= 11 is 0. The molecule has 0 heterocycles. The standard InChI is InChI=1S/C13H26O5Si/c1-6-10-11-15-13(14)12(5)19(16-7-2,17-8-3)18-9-4/h5-11H2,1-4H3. The quantitative estimate of drug-likeness (QED) is 0.253. The van der Waals surface area contributed by atoms with Crippen molar-refractivity contribution < 1.29 is 22.8 Å². The molecule has 0 aliphatic heterocycles. The minimum absolute atomic E-state index is 0.175. The highest BCUT2D eigenvalue weighted by Crippen LogP contribution is 2.20. The molecule has 0 aromatic rings. The molecule has 0 rings (SSSR count). The molecule has 0 bridgehead atoms. The highest BCUT2D eigenvalue weighted by atomic mass is 28.4. The van der Waals surface area contributed by atoms with E-state index in [4.69, 9.17) is 18.0 Å². The summed E-state index contributed by atoms with van der Waals surface area (Å²) in [5.41, 5.74) is 0. The number of hydrogen-bond donors (Lipinski definition) is 0. The fourth-order valence-corrected chi connectivity index (χ4v) is 3.71. The highest BCUT2D eigenvalue weighted by molar-refractivity contribution is 6.73. The zero-order chi connectivity index (χ0) is 14.7. The molecule has 0 spiro atoms. The van der Waals surface area contributed by atoms with Gasteiger partial charge in [0, 0.05) is 19.8 Å². The Morgan fingerprint density at radius 1 is 1.00 bits per heavy atom. The van der Waals surface area contributed by atoms with Gasteiger partial charge in [-0.1, -0.05) is 19.9 Å². The molecule has 0 aromatic carbocycles. The van der Waals surface area contributed by atoms with Crippen molar-refractivity contribution in [2.45, 2.75) is 40.5 Å². The largest absolute Gasteiger partial charge is 0.544 e. The summed E-state index contributed by atoms with van der Waals surface area (Å²) in [6.07, 6.45) is 1.79. The second-order valence-electron chi connectivity index (χ2n) is 3.82. The Labute approximate surface area is 117 Å². The van der Waals surface area contributed by atoms with Crippen molar-refractivity contribution in [2.75, 3.05) is 26.4 Å². The lowest BCUT2D eigenvalue weighted by Crippen LogP contribution is -2.50. The van der Waals surface area contributed by atoms with Crippen LogP contribution in [0.1, 0.15) is 40.5 Å². The van der Waals surface area contributed by atoms with Crippen LogP contribution in [0, 0.1) is 0 Å².